The number of rotatable bonds is 8. The molecule has 0 aliphatic carbocycles. The molecule has 3 rings (SSSR count). The van der Waals surface area contributed by atoms with Gasteiger partial charge in [-0.25, -0.2) is 0 Å². The first kappa shape index (κ1) is 19.7. The number of amides is 2. The average molecular weight is 383 g/mol. The Morgan fingerprint density at radius 2 is 1.96 bits per heavy atom. The first-order valence-electron chi connectivity index (χ1n) is 9.31. The van der Waals surface area contributed by atoms with Crippen LogP contribution in [0.25, 0.3) is 0 Å². The van der Waals surface area contributed by atoms with Gasteiger partial charge in [-0.1, -0.05) is 6.07 Å². The highest BCUT2D eigenvalue weighted by atomic mass is 16.5. The Labute approximate surface area is 164 Å². The molecule has 1 atom stereocenters. The SMILES string of the molecule is COc1cccc(NCC(=O)Nc2ccc(C(=O)NCC3CCCO3)cc2)c1. The van der Waals surface area contributed by atoms with E-state index in [1.807, 2.05) is 24.3 Å². The molecular formula is C21H25N3O4. The number of ether oxygens (including phenoxy) is 2. The summed E-state index contributed by atoms with van der Waals surface area (Å²) in [4.78, 5) is 24.3. The molecule has 2 aromatic rings. The Bertz CT molecular complexity index is 802. The molecule has 0 saturated carbocycles. The molecule has 1 unspecified atom stereocenters. The minimum absolute atomic E-state index is 0.111. The van der Waals surface area contributed by atoms with E-state index in [0.29, 0.717) is 17.8 Å². The van der Waals surface area contributed by atoms with Crippen molar-refractivity contribution in [1.82, 2.24) is 5.32 Å². The lowest BCUT2D eigenvalue weighted by Gasteiger charge is -2.11. The molecule has 0 bridgehead atoms. The minimum Gasteiger partial charge on any atom is -0.497 e. The number of hydrogen-bond acceptors (Lipinski definition) is 5. The topological polar surface area (TPSA) is 88.7 Å². The van der Waals surface area contributed by atoms with Gasteiger partial charge in [0.25, 0.3) is 5.91 Å². The predicted octanol–water partition coefficient (Wildman–Crippen LogP) is 2.65. The van der Waals surface area contributed by atoms with Crippen LogP contribution in [0.15, 0.2) is 48.5 Å². The van der Waals surface area contributed by atoms with Crippen molar-refractivity contribution < 1.29 is 19.1 Å². The molecule has 148 valence electrons. The number of nitrogens with one attached hydrogen (secondary N) is 3. The van der Waals surface area contributed by atoms with Crippen molar-refractivity contribution in [2.75, 3.05) is 37.4 Å². The molecule has 28 heavy (non-hydrogen) atoms. The zero-order valence-electron chi connectivity index (χ0n) is 15.9. The lowest BCUT2D eigenvalue weighted by molar-refractivity contribution is -0.114. The van der Waals surface area contributed by atoms with E-state index in [9.17, 15) is 9.59 Å². The molecule has 0 aromatic heterocycles. The van der Waals surface area contributed by atoms with Gasteiger partial charge < -0.3 is 25.4 Å². The summed E-state index contributed by atoms with van der Waals surface area (Å²) in [7, 11) is 1.60. The lowest BCUT2D eigenvalue weighted by Crippen LogP contribution is -2.31. The fourth-order valence-corrected chi connectivity index (χ4v) is 2.94. The zero-order valence-corrected chi connectivity index (χ0v) is 15.9. The molecule has 1 aliphatic heterocycles. The van der Waals surface area contributed by atoms with Crippen LogP contribution in [-0.2, 0) is 9.53 Å². The summed E-state index contributed by atoms with van der Waals surface area (Å²) in [5.41, 5.74) is 1.98. The molecule has 3 N–H and O–H groups in total. The quantitative estimate of drug-likeness (QED) is 0.652. The number of carbonyl (C=O) groups is 2. The molecular weight excluding hydrogens is 358 g/mol. The van der Waals surface area contributed by atoms with Crippen molar-refractivity contribution in [2.24, 2.45) is 0 Å². The maximum absolute atomic E-state index is 12.2. The highest BCUT2D eigenvalue weighted by Crippen LogP contribution is 2.16. The first-order chi connectivity index (χ1) is 13.6. The van der Waals surface area contributed by atoms with E-state index in [1.165, 1.54) is 0 Å². The minimum atomic E-state index is -0.182. The standard InChI is InChI=1S/C21H25N3O4/c1-27-18-5-2-4-17(12-18)22-14-20(25)24-16-9-7-15(8-10-16)21(26)23-13-19-6-3-11-28-19/h2,4-5,7-10,12,19,22H,3,6,11,13-14H2,1H3,(H,23,26)(H,24,25). The second kappa shape index (κ2) is 9.75. The van der Waals surface area contributed by atoms with E-state index < -0.39 is 0 Å². The van der Waals surface area contributed by atoms with Gasteiger partial charge in [-0.2, -0.15) is 0 Å². The Morgan fingerprint density at radius 1 is 1.14 bits per heavy atom. The Balaban J connectivity index is 1.45. The van der Waals surface area contributed by atoms with Gasteiger partial charge in [0.05, 0.1) is 19.8 Å². The number of benzene rings is 2. The molecule has 7 nitrogen and oxygen atoms in total. The van der Waals surface area contributed by atoms with E-state index in [2.05, 4.69) is 16.0 Å². The van der Waals surface area contributed by atoms with Crippen LogP contribution in [0.5, 0.6) is 5.75 Å². The summed E-state index contributed by atoms with van der Waals surface area (Å²) >= 11 is 0. The van der Waals surface area contributed by atoms with Crippen LogP contribution in [-0.4, -0.2) is 44.7 Å². The smallest absolute Gasteiger partial charge is 0.251 e. The van der Waals surface area contributed by atoms with Crippen molar-refractivity contribution in [3.05, 3.63) is 54.1 Å². The third-order valence-electron chi connectivity index (χ3n) is 4.47. The summed E-state index contributed by atoms with van der Waals surface area (Å²) in [6.07, 6.45) is 2.14. The van der Waals surface area contributed by atoms with Crippen LogP contribution >= 0.6 is 0 Å². The van der Waals surface area contributed by atoms with Gasteiger partial charge in [0.15, 0.2) is 0 Å². The molecule has 1 fully saturated rings. The number of methoxy groups -OCH3 is 1. The number of hydrogen-bond donors (Lipinski definition) is 3. The Morgan fingerprint density at radius 3 is 2.68 bits per heavy atom. The second-order valence-corrected chi connectivity index (χ2v) is 6.56. The monoisotopic (exact) mass is 383 g/mol. The summed E-state index contributed by atoms with van der Waals surface area (Å²) in [6.45, 7) is 1.41. The third-order valence-corrected chi connectivity index (χ3v) is 4.47. The van der Waals surface area contributed by atoms with Crippen LogP contribution in [0.4, 0.5) is 11.4 Å². The summed E-state index contributed by atoms with van der Waals surface area (Å²) in [5, 5.41) is 8.72. The van der Waals surface area contributed by atoms with Gasteiger partial charge in [0, 0.05) is 36.2 Å². The van der Waals surface area contributed by atoms with E-state index >= 15 is 0 Å². The summed E-state index contributed by atoms with van der Waals surface area (Å²) in [5.74, 6) is 0.394. The van der Waals surface area contributed by atoms with Crippen molar-refractivity contribution in [3.8, 4) is 5.75 Å². The predicted molar refractivity (Wildman–Crippen MR) is 108 cm³/mol. The highest BCUT2D eigenvalue weighted by Gasteiger charge is 2.16. The Kier molecular flexibility index (Phi) is 6.86. The van der Waals surface area contributed by atoms with Crippen LogP contribution in [0.3, 0.4) is 0 Å². The average Bonchev–Trinajstić information content (AvgIpc) is 3.25. The van der Waals surface area contributed by atoms with Crippen LogP contribution in [0.1, 0.15) is 23.2 Å². The van der Waals surface area contributed by atoms with Crippen LogP contribution in [0.2, 0.25) is 0 Å². The highest BCUT2D eigenvalue weighted by molar-refractivity contribution is 5.96. The third kappa shape index (κ3) is 5.72. The van der Waals surface area contributed by atoms with E-state index in [-0.39, 0.29) is 24.5 Å². The normalized spacial score (nSPS) is 15.7. The van der Waals surface area contributed by atoms with Crippen molar-refractivity contribution in [3.63, 3.8) is 0 Å². The van der Waals surface area contributed by atoms with E-state index in [1.54, 1.807) is 31.4 Å². The van der Waals surface area contributed by atoms with Crippen LogP contribution < -0.4 is 20.7 Å². The fourth-order valence-electron chi connectivity index (χ4n) is 2.94. The van der Waals surface area contributed by atoms with Gasteiger partial charge in [-0.3, -0.25) is 9.59 Å². The molecule has 2 amide bonds. The summed E-state index contributed by atoms with van der Waals surface area (Å²) < 4.78 is 10.6. The van der Waals surface area contributed by atoms with Gasteiger partial charge in [-0.15, -0.1) is 0 Å². The summed E-state index contributed by atoms with van der Waals surface area (Å²) in [6, 6.07) is 14.2. The molecule has 2 aromatic carbocycles. The van der Waals surface area contributed by atoms with Crippen molar-refractivity contribution in [1.29, 1.82) is 0 Å². The van der Waals surface area contributed by atoms with Gasteiger partial charge in [-0.05, 0) is 49.2 Å². The molecule has 1 aliphatic rings. The first-order valence-corrected chi connectivity index (χ1v) is 9.31. The van der Waals surface area contributed by atoms with Gasteiger partial charge in [0.2, 0.25) is 5.91 Å². The second-order valence-electron chi connectivity index (χ2n) is 6.56. The van der Waals surface area contributed by atoms with Crippen molar-refractivity contribution in [2.45, 2.75) is 18.9 Å². The van der Waals surface area contributed by atoms with Gasteiger partial charge >= 0.3 is 0 Å². The van der Waals surface area contributed by atoms with Gasteiger partial charge in [0.1, 0.15) is 5.75 Å². The van der Waals surface area contributed by atoms with E-state index in [4.69, 9.17) is 9.47 Å². The number of anilines is 2. The largest absolute Gasteiger partial charge is 0.497 e. The molecule has 0 spiro atoms. The molecule has 7 heteroatoms. The molecule has 1 heterocycles. The van der Waals surface area contributed by atoms with Crippen LogP contribution in [0, 0.1) is 0 Å². The molecule has 0 radical (unpaired) electrons. The lowest BCUT2D eigenvalue weighted by atomic mass is 10.2. The Hall–Kier alpha value is -3.06. The molecule has 1 saturated heterocycles. The van der Waals surface area contributed by atoms with Crippen molar-refractivity contribution >= 4 is 23.2 Å². The van der Waals surface area contributed by atoms with E-state index in [0.717, 1.165) is 30.9 Å². The fraction of sp³-hybridized carbons (Fsp3) is 0.333. The zero-order chi connectivity index (χ0) is 19.8. The number of carbonyl (C=O) groups excluding carboxylic acids is 2. The maximum Gasteiger partial charge on any atom is 0.251 e. The maximum atomic E-state index is 12.2.